The molecule has 8 heteroatoms. The highest BCUT2D eigenvalue weighted by Gasteiger charge is 2.63. The molecule has 3 aliphatic heterocycles. The first kappa shape index (κ1) is 20.6. The maximum absolute atomic E-state index is 13.6. The Labute approximate surface area is 191 Å². The van der Waals surface area contributed by atoms with Gasteiger partial charge in [-0.3, -0.25) is 14.4 Å². The molecular weight excluding hydrogens is 430 g/mol. The van der Waals surface area contributed by atoms with E-state index in [1.54, 1.807) is 24.1 Å². The van der Waals surface area contributed by atoms with Crippen molar-refractivity contribution in [1.29, 1.82) is 0 Å². The van der Waals surface area contributed by atoms with E-state index in [0.717, 1.165) is 10.6 Å². The van der Waals surface area contributed by atoms with Crippen LogP contribution in [0.25, 0.3) is 0 Å². The van der Waals surface area contributed by atoms with Crippen molar-refractivity contribution in [3.63, 3.8) is 0 Å². The van der Waals surface area contributed by atoms with E-state index in [1.165, 1.54) is 4.90 Å². The SMILES string of the molecule is CN1SC(N2OC3C(=O)N(c4ccccc4)C(=O)C3C2c2ccccc2)C(C)(C)C1=S. The minimum Gasteiger partial charge on any atom is -0.312 e. The second-order valence-electron chi connectivity index (χ2n) is 8.60. The highest BCUT2D eigenvalue weighted by atomic mass is 32.2. The minimum absolute atomic E-state index is 0.161. The molecule has 4 atom stereocenters. The van der Waals surface area contributed by atoms with Crippen LogP contribution in [0, 0.1) is 11.3 Å². The molecule has 0 aliphatic carbocycles. The van der Waals surface area contributed by atoms with Gasteiger partial charge in [0.05, 0.1) is 22.6 Å². The summed E-state index contributed by atoms with van der Waals surface area (Å²) in [6.45, 7) is 4.16. The number of carbonyl (C=O) groups is 2. The van der Waals surface area contributed by atoms with E-state index in [-0.39, 0.29) is 28.6 Å². The monoisotopic (exact) mass is 453 g/mol. The smallest absolute Gasteiger partial charge is 0.265 e. The fourth-order valence-electron chi connectivity index (χ4n) is 4.68. The summed E-state index contributed by atoms with van der Waals surface area (Å²) >= 11 is 7.23. The molecule has 2 aromatic carbocycles. The number of anilines is 1. The van der Waals surface area contributed by atoms with Gasteiger partial charge in [0.1, 0.15) is 5.37 Å². The summed E-state index contributed by atoms with van der Waals surface area (Å²) in [4.78, 5) is 35.3. The molecule has 3 fully saturated rings. The number of hydrogen-bond acceptors (Lipinski definition) is 6. The van der Waals surface area contributed by atoms with Crippen LogP contribution in [0.15, 0.2) is 60.7 Å². The first-order valence-corrected chi connectivity index (χ1v) is 11.4. The number of para-hydroxylation sites is 1. The quantitative estimate of drug-likeness (QED) is 0.398. The van der Waals surface area contributed by atoms with Crippen LogP contribution < -0.4 is 4.90 Å². The maximum atomic E-state index is 13.6. The van der Waals surface area contributed by atoms with Crippen molar-refractivity contribution >= 4 is 46.7 Å². The summed E-state index contributed by atoms with van der Waals surface area (Å²) in [5.74, 6) is -1.17. The predicted molar refractivity (Wildman–Crippen MR) is 124 cm³/mol. The van der Waals surface area contributed by atoms with Crippen molar-refractivity contribution < 1.29 is 14.4 Å². The van der Waals surface area contributed by atoms with Gasteiger partial charge in [-0.1, -0.05) is 74.6 Å². The Morgan fingerprint density at radius 1 is 0.968 bits per heavy atom. The molecule has 0 spiro atoms. The van der Waals surface area contributed by atoms with Crippen LogP contribution in [-0.2, 0) is 14.4 Å². The van der Waals surface area contributed by atoms with Gasteiger partial charge in [0.15, 0.2) is 6.10 Å². The van der Waals surface area contributed by atoms with Gasteiger partial charge in [-0.05, 0) is 29.6 Å². The second kappa shape index (κ2) is 7.41. The van der Waals surface area contributed by atoms with Gasteiger partial charge in [0.2, 0.25) is 5.91 Å². The summed E-state index contributed by atoms with van der Waals surface area (Å²) in [7, 11) is 1.94. The van der Waals surface area contributed by atoms with Gasteiger partial charge in [0.25, 0.3) is 5.91 Å². The number of nitrogens with zero attached hydrogens (tertiary/aromatic N) is 3. The third-order valence-electron chi connectivity index (χ3n) is 6.24. The summed E-state index contributed by atoms with van der Waals surface area (Å²) < 4.78 is 1.97. The van der Waals surface area contributed by atoms with Crippen LogP contribution >= 0.6 is 24.2 Å². The standard InChI is InChI=1S/C23H23N3O3S2/c1-23(2)21(30)24(3)31-22(23)26-17(14-10-6-4-7-11-14)16-18(29-26)20(28)25(19(16)27)15-12-8-5-9-13-15/h4-13,16-18,22H,1-3H3. The van der Waals surface area contributed by atoms with Crippen molar-refractivity contribution in [3.8, 4) is 0 Å². The minimum atomic E-state index is -0.853. The Morgan fingerprint density at radius 2 is 1.58 bits per heavy atom. The Balaban J connectivity index is 1.57. The number of fused-ring (bicyclic) bond motifs is 1. The molecule has 2 aromatic rings. The lowest BCUT2D eigenvalue weighted by Crippen LogP contribution is -2.45. The molecule has 6 nitrogen and oxygen atoms in total. The summed E-state index contributed by atoms with van der Waals surface area (Å²) in [5, 5.41) is 1.69. The lowest BCUT2D eigenvalue weighted by Gasteiger charge is -2.36. The van der Waals surface area contributed by atoms with Gasteiger partial charge in [-0.25, -0.2) is 4.90 Å². The van der Waals surface area contributed by atoms with Gasteiger partial charge in [-0.2, -0.15) is 5.06 Å². The van der Waals surface area contributed by atoms with E-state index < -0.39 is 12.0 Å². The zero-order chi connectivity index (χ0) is 21.9. The number of benzene rings is 2. The molecule has 0 radical (unpaired) electrons. The first-order chi connectivity index (χ1) is 14.8. The van der Waals surface area contributed by atoms with E-state index in [2.05, 4.69) is 13.8 Å². The van der Waals surface area contributed by atoms with Crippen LogP contribution in [0.5, 0.6) is 0 Å². The third kappa shape index (κ3) is 3.04. The number of rotatable bonds is 3. The van der Waals surface area contributed by atoms with Gasteiger partial charge >= 0.3 is 0 Å². The predicted octanol–water partition coefficient (Wildman–Crippen LogP) is 3.81. The lowest BCUT2D eigenvalue weighted by atomic mass is 9.88. The highest BCUT2D eigenvalue weighted by molar-refractivity contribution is 8.00. The zero-order valence-electron chi connectivity index (χ0n) is 17.5. The number of amides is 2. The molecule has 0 bridgehead atoms. The number of hydroxylamine groups is 2. The van der Waals surface area contributed by atoms with E-state index in [0.29, 0.717) is 5.69 Å². The fraction of sp³-hybridized carbons (Fsp3) is 0.348. The zero-order valence-corrected chi connectivity index (χ0v) is 19.1. The Morgan fingerprint density at radius 3 is 2.16 bits per heavy atom. The number of thiocarbonyl (C=S) groups is 1. The van der Waals surface area contributed by atoms with E-state index >= 15 is 0 Å². The highest BCUT2D eigenvalue weighted by Crippen LogP contribution is 2.54. The average Bonchev–Trinajstić information content (AvgIpc) is 3.34. The first-order valence-electron chi connectivity index (χ1n) is 10.2. The third-order valence-corrected chi connectivity index (χ3v) is 8.66. The topological polar surface area (TPSA) is 53.1 Å². The molecule has 2 amide bonds. The molecule has 3 aliphatic rings. The largest absolute Gasteiger partial charge is 0.312 e. The molecule has 0 aromatic heterocycles. The van der Waals surface area contributed by atoms with Crippen molar-refractivity contribution in [2.75, 3.05) is 11.9 Å². The Bertz CT molecular complexity index is 1050. The summed E-state index contributed by atoms with van der Waals surface area (Å²) in [5.41, 5.74) is 1.15. The van der Waals surface area contributed by atoms with Crippen LogP contribution in [0.4, 0.5) is 5.69 Å². The van der Waals surface area contributed by atoms with E-state index in [9.17, 15) is 9.59 Å². The van der Waals surface area contributed by atoms with Crippen molar-refractivity contribution in [2.24, 2.45) is 11.3 Å². The molecule has 4 unspecified atom stereocenters. The molecule has 31 heavy (non-hydrogen) atoms. The van der Waals surface area contributed by atoms with Gasteiger partial charge < -0.3 is 4.31 Å². The number of carbonyl (C=O) groups excluding carboxylic acids is 2. The Hall–Kier alpha value is -2.26. The van der Waals surface area contributed by atoms with Gasteiger partial charge in [-0.15, -0.1) is 0 Å². The summed E-state index contributed by atoms with van der Waals surface area (Å²) in [6, 6.07) is 18.5. The number of hydrogen-bond donors (Lipinski definition) is 0. The summed E-state index contributed by atoms with van der Waals surface area (Å²) in [6.07, 6.45) is -0.853. The van der Waals surface area contributed by atoms with E-state index in [1.807, 2.05) is 64.9 Å². The maximum Gasteiger partial charge on any atom is 0.265 e. The average molecular weight is 454 g/mol. The van der Waals surface area contributed by atoms with Crippen LogP contribution in [0.1, 0.15) is 25.5 Å². The lowest BCUT2D eigenvalue weighted by molar-refractivity contribution is -0.185. The normalized spacial score (nSPS) is 30.4. The number of imide groups is 1. The molecular formula is C23H23N3O3S2. The molecule has 0 N–H and O–H groups in total. The Kier molecular flexibility index (Phi) is 4.93. The molecule has 160 valence electrons. The molecule has 0 saturated carbocycles. The molecule has 3 saturated heterocycles. The second-order valence-corrected chi connectivity index (χ2v) is 10.2. The fourth-order valence-corrected chi connectivity index (χ4v) is 6.27. The van der Waals surface area contributed by atoms with Crippen molar-refractivity contribution in [3.05, 3.63) is 66.2 Å². The van der Waals surface area contributed by atoms with Crippen molar-refractivity contribution in [1.82, 2.24) is 9.37 Å². The van der Waals surface area contributed by atoms with Crippen LogP contribution in [0.2, 0.25) is 0 Å². The van der Waals surface area contributed by atoms with E-state index in [4.69, 9.17) is 17.1 Å². The van der Waals surface area contributed by atoms with Crippen LogP contribution in [-0.4, -0.2) is 44.7 Å². The molecule has 3 heterocycles. The van der Waals surface area contributed by atoms with Crippen molar-refractivity contribution in [2.45, 2.75) is 31.4 Å². The molecule has 5 rings (SSSR count). The van der Waals surface area contributed by atoms with Gasteiger partial charge in [0, 0.05) is 12.5 Å². The van der Waals surface area contributed by atoms with Crippen LogP contribution in [0.3, 0.4) is 0 Å².